The lowest BCUT2D eigenvalue weighted by molar-refractivity contribution is 0.0949. The fourth-order valence-corrected chi connectivity index (χ4v) is 2.61. The number of hydrogen-bond donors (Lipinski definition) is 2. The number of rotatable bonds is 4. The first-order valence-electron chi connectivity index (χ1n) is 7.36. The lowest BCUT2D eigenvalue weighted by atomic mass is 10.1. The second kappa shape index (κ2) is 6.10. The van der Waals surface area contributed by atoms with Crippen LogP contribution in [0.25, 0.3) is 0 Å². The van der Waals surface area contributed by atoms with Gasteiger partial charge in [-0.2, -0.15) is 0 Å². The highest BCUT2D eigenvalue weighted by molar-refractivity contribution is 5.92. The van der Waals surface area contributed by atoms with E-state index in [1.54, 1.807) is 0 Å². The maximum absolute atomic E-state index is 12.2. The van der Waals surface area contributed by atoms with Crippen molar-refractivity contribution in [3.8, 4) is 0 Å². The molecule has 0 radical (unpaired) electrons. The van der Waals surface area contributed by atoms with E-state index in [1.165, 1.54) is 5.56 Å². The normalized spacial score (nSPS) is 17.3. The van der Waals surface area contributed by atoms with Gasteiger partial charge >= 0.3 is 0 Å². The summed E-state index contributed by atoms with van der Waals surface area (Å²) in [5, 5.41) is 6.28. The van der Waals surface area contributed by atoms with E-state index in [4.69, 9.17) is 0 Å². The monoisotopic (exact) mass is 284 g/mol. The molecule has 110 valence electrons. The van der Waals surface area contributed by atoms with E-state index in [2.05, 4.69) is 39.2 Å². The summed E-state index contributed by atoms with van der Waals surface area (Å²) in [5.74, 6) is 0.842. The molecule has 1 amide bonds. The van der Waals surface area contributed by atoms with Crippen molar-refractivity contribution in [2.45, 2.75) is 25.9 Å². The maximum atomic E-state index is 12.2. The number of nitrogens with one attached hydrogen (secondary N) is 2. The van der Waals surface area contributed by atoms with E-state index in [1.807, 2.05) is 24.4 Å². The molecule has 1 aromatic carbocycles. The van der Waals surface area contributed by atoms with Crippen molar-refractivity contribution in [2.75, 3.05) is 13.1 Å². The number of benzene rings is 1. The molecule has 1 unspecified atom stereocenters. The van der Waals surface area contributed by atoms with Gasteiger partial charge in [0.1, 0.15) is 11.5 Å². The molecule has 5 nitrogen and oxygen atoms in total. The molecule has 21 heavy (non-hydrogen) atoms. The standard InChI is InChI=1S/C16H20N4O/c1-12-15-19-14(11-20(15)10-9-17-12)16(21)18-8-7-13-5-3-2-4-6-13/h2-6,11-12,17H,7-10H2,1H3,(H,18,21). The average molecular weight is 284 g/mol. The third-order valence-corrected chi connectivity index (χ3v) is 3.77. The first-order valence-corrected chi connectivity index (χ1v) is 7.36. The van der Waals surface area contributed by atoms with Gasteiger partial charge in [0.25, 0.3) is 5.91 Å². The molecule has 1 atom stereocenters. The average Bonchev–Trinajstić information content (AvgIpc) is 2.94. The van der Waals surface area contributed by atoms with Gasteiger partial charge in [-0.05, 0) is 18.9 Å². The second-order valence-electron chi connectivity index (χ2n) is 5.35. The molecule has 1 aromatic heterocycles. The molecule has 2 heterocycles. The number of carbonyl (C=O) groups excluding carboxylic acids is 1. The SMILES string of the molecule is CC1NCCn2cc(C(=O)NCCc3ccccc3)nc21. The highest BCUT2D eigenvalue weighted by atomic mass is 16.1. The molecule has 2 N–H and O–H groups in total. The molecule has 0 saturated carbocycles. The van der Waals surface area contributed by atoms with E-state index in [0.717, 1.165) is 25.3 Å². The molecule has 1 aliphatic heterocycles. The summed E-state index contributed by atoms with van der Waals surface area (Å²) in [7, 11) is 0. The Bertz CT molecular complexity index is 620. The van der Waals surface area contributed by atoms with E-state index in [-0.39, 0.29) is 11.9 Å². The zero-order valence-corrected chi connectivity index (χ0v) is 12.2. The van der Waals surface area contributed by atoms with Crippen molar-refractivity contribution in [3.05, 3.63) is 53.6 Å². The van der Waals surface area contributed by atoms with E-state index in [9.17, 15) is 4.79 Å². The van der Waals surface area contributed by atoms with Crippen LogP contribution in [0.2, 0.25) is 0 Å². The van der Waals surface area contributed by atoms with Crippen LogP contribution in [0.5, 0.6) is 0 Å². The smallest absolute Gasteiger partial charge is 0.271 e. The first-order chi connectivity index (χ1) is 10.2. The summed E-state index contributed by atoms with van der Waals surface area (Å²) in [6.45, 7) is 4.47. The van der Waals surface area contributed by atoms with E-state index >= 15 is 0 Å². The number of aromatic nitrogens is 2. The van der Waals surface area contributed by atoms with Gasteiger partial charge in [-0.1, -0.05) is 30.3 Å². The highest BCUT2D eigenvalue weighted by Gasteiger charge is 2.20. The van der Waals surface area contributed by atoms with Gasteiger partial charge < -0.3 is 15.2 Å². The van der Waals surface area contributed by atoms with Gasteiger partial charge in [0.15, 0.2) is 0 Å². The molecule has 0 saturated heterocycles. The Morgan fingerprint density at radius 2 is 2.24 bits per heavy atom. The third kappa shape index (κ3) is 3.13. The van der Waals surface area contributed by atoms with Crippen molar-refractivity contribution in [3.63, 3.8) is 0 Å². The van der Waals surface area contributed by atoms with E-state index < -0.39 is 0 Å². The van der Waals surface area contributed by atoms with Crippen LogP contribution < -0.4 is 10.6 Å². The van der Waals surface area contributed by atoms with Crippen molar-refractivity contribution >= 4 is 5.91 Å². The minimum atomic E-state index is -0.0972. The number of amides is 1. The molecule has 0 aliphatic carbocycles. The topological polar surface area (TPSA) is 59.0 Å². The lowest BCUT2D eigenvalue weighted by Gasteiger charge is -2.21. The van der Waals surface area contributed by atoms with Gasteiger partial charge in [0, 0.05) is 25.8 Å². The molecule has 1 aliphatic rings. The Hall–Kier alpha value is -2.14. The number of nitrogens with zero attached hydrogens (tertiary/aromatic N) is 2. The summed E-state index contributed by atoms with van der Waals surface area (Å²) in [6.07, 6.45) is 2.68. The Morgan fingerprint density at radius 1 is 1.43 bits per heavy atom. The summed E-state index contributed by atoms with van der Waals surface area (Å²) < 4.78 is 2.06. The Morgan fingerprint density at radius 3 is 3.00 bits per heavy atom. The predicted molar refractivity (Wildman–Crippen MR) is 81.1 cm³/mol. The molecule has 0 spiro atoms. The van der Waals surface area contributed by atoms with Gasteiger partial charge in [-0.3, -0.25) is 4.79 Å². The van der Waals surface area contributed by atoms with Crippen molar-refractivity contribution in [1.82, 2.24) is 20.2 Å². The second-order valence-corrected chi connectivity index (χ2v) is 5.35. The highest BCUT2D eigenvalue weighted by Crippen LogP contribution is 2.16. The summed E-state index contributed by atoms with van der Waals surface area (Å²) in [5.41, 5.74) is 1.73. The van der Waals surface area contributed by atoms with Gasteiger partial charge in [0.05, 0.1) is 6.04 Å². The van der Waals surface area contributed by atoms with Crippen LogP contribution >= 0.6 is 0 Å². The minimum Gasteiger partial charge on any atom is -0.350 e. The van der Waals surface area contributed by atoms with Crippen molar-refractivity contribution in [2.24, 2.45) is 0 Å². The fourth-order valence-electron chi connectivity index (χ4n) is 2.61. The van der Waals surface area contributed by atoms with Crippen molar-refractivity contribution < 1.29 is 4.79 Å². The third-order valence-electron chi connectivity index (χ3n) is 3.77. The molecule has 5 heteroatoms. The summed E-state index contributed by atoms with van der Waals surface area (Å²) in [6, 6.07) is 10.3. The molecular weight excluding hydrogens is 264 g/mol. The van der Waals surface area contributed by atoms with Gasteiger partial charge in [-0.15, -0.1) is 0 Å². The molecule has 0 fully saturated rings. The number of fused-ring (bicyclic) bond motifs is 1. The van der Waals surface area contributed by atoms with Crippen LogP contribution in [0.15, 0.2) is 36.5 Å². The van der Waals surface area contributed by atoms with Gasteiger partial charge in [-0.25, -0.2) is 4.98 Å². The number of imidazole rings is 1. The summed E-state index contributed by atoms with van der Waals surface area (Å²) >= 11 is 0. The van der Waals surface area contributed by atoms with Crippen LogP contribution in [0.3, 0.4) is 0 Å². The number of hydrogen-bond acceptors (Lipinski definition) is 3. The number of carbonyl (C=O) groups is 1. The maximum Gasteiger partial charge on any atom is 0.271 e. The Kier molecular flexibility index (Phi) is 4.01. The predicted octanol–water partition coefficient (Wildman–Crippen LogP) is 1.52. The fraction of sp³-hybridized carbons (Fsp3) is 0.375. The van der Waals surface area contributed by atoms with Crippen LogP contribution in [-0.4, -0.2) is 28.5 Å². The van der Waals surface area contributed by atoms with Crippen molar-refractivity contribution in [1.29, 1.82) is 0 Å². The summed E-state index contributed by atoms with van der Waals surface area (Å²) in [4.78, 5) is 16.6. The van der Waals surface area contributed by atoms with Crippen LogP contribution in [0.1, 0.15) is 34.8 Å². The zero-order chi connectivity index (χ0) is 14.7. The molecular formula is C16H20N4O. The quantitative estimate of drug-likeness (QED) is 0.895. The zero-order valence-electron chi connectivity index (χ0n) is 12.2. The Labute approximate surface area is 124 Å². The Balaban J connectivity index is 1.58. The van der Waals surface area contributed by atoms with Crippen LogP contribution in [0, 0.1) is 0 Å². The molecule has 0 bridgehead atoms. The molecule has 2 aromatic rings. The van der Waals surface area contributed by atoms with Crippen LogP contribution in [0.4, 0.5) is 0 Å². The molecule has 3 rings (SSSR count). The van der Waals surface area contributed by atoms with Crippen LogP contribution in [-0.2, 0) is 13.0 Å². The minimum absolute atomic E-state index is 0.0972. The lowest BCUT2D eigenvalue weighted by Crippen LogP contribution is -2.31. The largest absolute Gasteiger partial charge is 0.350 e. The van der Waals surface area contributed by atoms with Gasteiger partial charge in [0.2, 0.25) is 0 Å². The first kappa shape index (κ1) is 13.8. The van der Waals surface area contributed by atoms with E-state index in [0.29, 0.717) is 12.2 Å².